The number of hydrogen-bond acceptors (Lipinski definition) is 3. The van der Waals surface area contributed by atoms with Crippen molar-refractivity contribution in [2.75, 3.05) is 0 Å². The third kappa shape index (κ3) is 2.56. The molecule has 3 heteroatoms. The maximum Gasteiger partial charge on any atom is 0.0693 e. The van der Waals surface area contributed by atoms with Gasteiger partial charge in [-0.3, -0.25) is 0 Å². The Morgan fingerprint density at radius 3 is 3.00 bits per heavy atom. The van der Waals surface area contributed by atoms with Crippen LogP contribution in [0.1, 0.15) is 30.6 Å². The standard InChI is InChI=1S/C11H17NOS/c13-11-6-2-1-5-10(11)12-8-9-4-3-7-14-9/h3-4,7,10-13H,1-2,5-6,8H2/t10-,11-/m1/s1. The van der Waals surface area contributed by atoms with Crippen molar-refractivity contribution in [3.63, 3.8) is 0 Å². The topological polar surface area (TPSA) is 32.3 Å². The summed E-state index contributed by atoms with van der Waals surface area (Å²) < 4.78 is 0. The van der Waals surface area contributed by atoms with Crippen molar-refractivity contribution in [1.29, 1.82) is 0 Å². The highest BCUT2D eigenvalue weighted by atomic mass is 32.1. The number of aliphatic hydroxyl groups is 1. The Kier molecular flexibility index (Phi) is 3.56. The molecule has 1 aromatic rings. The zero-order chi connectivity index (χ0) is 9.80. The molecule has 0 spiro atoms. The Labute approximate surface area is 89.0 Å². The van der Waals surface area contributed by atoms with Gasteiger partial charge in [0.05, 0.1) is 6.10 Å². The van der Waals surface area contributed by atoms with Gasteiger partial charge >= 0.3 is 0 Å². The van der Waals surface area contributed by atoms with E-state index in [4.69, 9.17) is 0 Å². The maximum atomic E-state index is 9.74. The van der Waals surface area contributed by atoms with E-state index in [0.29, 0.717) is 6.04 Å². The van der Waals surface area contributed by atoms with Crippen molar-refractivity contribution in [2.24, 2.45) is 0 Å². The van der Waals surface area contributed by atoms with Crippen LogP contribution in [0.5, 0.6) is 0 Å². The highest BCUT2D eigenvalue weighted by molar-refractivity contribution is 7.09. The second-order valence-electron chi connectivity index (χ2n) is 3.92. The molecule has 1 aliphatic carbocycles. The first kappa shape index (κ1) is 10.1. The number of hydrogen-bond donors (Lipinski definition) is 2. The molecule has 78 valence electrons. The zero-order valence-electron chi connectivity index (χ0n) is 8.28. The SMILES string of the molecule is O[C@@H]1CCCC[C@H]1NCc1cccs1. The molecule has 1 aliphatic rings. The van der Waals surface area contributed by atoms with Crippen molar-refractivity contribution < 1.29 is 5.11 Å². The van der Waals surface area contributed by atoms with E-state index >= 15 is 0 Å². The fourth-order valence-corrected chi connectivity index (χ4v) is 2.65. The first-order chi connectivity index (χ1) is 6.86. The minimum atomic E-state index is -0.135. The molecule has 1 aromatic heterocycles. The van der Waals surface area contributed by atoms with Crippen LogP contribution in [0.2, 0.25) is 0 Å². The number of aliphatic hydroxyl groups excluding tert-OH is 1. The van der Waals surface area contributed by atoms with Gasteiger partial charge in [0.2, 0.25) is 0 Å². The van der Waals surface area contributed by atoms with Gasteiger partial charge in [0.25, 0.3) is 0 Å². The molecule has 14 heavy (non-hydrogen) atoms. The summed E-state index contributed by atoms with van der Waals surface area (Å²) in [4.78, 5) is 1.35. The summed E-state index contributed by atoms with van der Waals surface area (Å²) in [7, 11) is 0. The van der Waals surface area contributed by atoms with Crippen LogP contribution in [0.4, 0.5) is 0 Å². The average Bonchev–Trinajstić information content (AvgIpc) is 2.69. The van der Waals surface area contributed by atoms with Crippen LogP contribution < -0.4 is 5.32 Å². The van der Waals surface area contributed by atoms with Crippen LogP contribution in [0.3, 0.4) is 0 Å². The van der Waals surface area contributed by atoms with Crippen molar-refractivity contribution in [3.05, 3.63) is 22.4 Å². The molecule has 0 radical (unpaired) electrons. The summed E-state index contributed by atoms with van der Waals surface area (Å²) in [5.74, 6) is 0. The monoisotopic (exact) mass is 211 g/mol. The fourth-order valence-electron chi connectivity index (χ4n) is 1.99. The highest BCUT2D eigenvalue weighted by Gasteiger charge is 2.21. The molecule has 0 saturated heterocycles. The molecule has 0 unspecified atom stereocenters. The summed E-state index contributed by atoms with van der Waals surface area (Å²) in [5, 5.41) is 15.3. The van der Waals surface area contributed by atoms with Crippen molar-refractivity contribution in [3.8, 4) is 0 Å². The molecule has 0 amide bonds. The van der Waals surface area contributed by atoms with E-state index in [-0.39, 0.29) is 6.10 Å². The molecular formula is C11H17NOS. The van der Waals surface area contributed by atoms with Gasteiger partial charge in [0.15, 0.2) is 0 Å². The van der Waals surface area contributed by atoms with E-state index in [9.17, 15) is 5.11 Å². The molecule has 2 N–H and O–H groups in total. The molecule has 1 heterocycles. The number of nitrogens with one attached hydrogen (secondary N) is 1. The van der Waals surface area contributed by atoms with Crippen LogP contribution in [0.15, 0.2) is 17.5 Å². The van der Waals surface area contributed by atoms with E-state index in [0.717, 1.165) is 19.4 Å². The molecule has 2 rings (SSSR count). The molecular weight excluding hydrogens is 194 g/mol. The summed E-state index contributed by atoms with van der Waals surface area (Å²) in [6.45, 7) is 0.902. The average molecular weight is 211 g/mol. The molecule has 2 nitrogen and oxygen atoms in total. The maximum absolute atomic E-state index is 9.74. The van der Waals surface area contributed by atoms with Crippen LogP contribution in [-0.2, 0) is 6.54 Å². The quantitative estimate of drug-likeness (QED) is 0.803. The summed E-state index contributed by atoms with van der Waals surface area (Å²) in [6, 6.07) is 4.51. The van der Waals surface area contributed by atoms with Crippen LogP contribution in [0.25, 0.3) is 0 Å². The third-order valence-electron chi connectivity index (χ3n) is 2.85. The first-order valence-electron chi connectivity index (χ1n) is 5.30. The molecule has 1 saturated carbocycles. The second kappa shape index (κ2) is 4.91. The summed E-state index contributed by atoms with van der Waals surface area (Å²) in [6.07, 6.45) is 4.37. The highest BCUT2D eigenvalue weighted by Crippen LogP contribution is 2.19. The van der Waals surface area contributed by atoms with Gasteiger partial charge in [-0.15, -0.1) is 11.3 Å². The van der Waals surface area contributed by atoms with Gasteiger partial charge in [-0.25, -0.2) is 0 Å². The lowest BCUT2D eigenvalue weighted by molar-refractivity contribution is 0.0904. The zero-order valence-corrected chi connectivity index (χ0v) is 9.09. The van der Waals surface area contributed by atoms with E-state index < -0.39 is 0 Å². The van der Waals surface area contributed by atoms with E-state index in [1.54, 1.807) is 11.3 Å². The Morgan fingerprint density at radius 2 is 2.29 bits per heavy atom. The Balaban J connectivity index is 1.79. The Morgan fingerprint density at radius 1 is 1.43 bits per heavy atom. The Hall–Kier alpha value is -0.380. The van der Waals surface area contributed by atoms with Crippen LogP contribution >= 0.6 is 11.3 Å². The van der Waals surface area contributed by atoms with E-state index in [1.165, 1.54) is 17.7 Å². The first-order valence-corrected chi connectivity index (χ1v) is 6.18. The molecule has 0 aromatic carbocycles. The lowest BCUT2D eigenvalue weighted by Gasteiger charge is -2.28. The minimum absolute atomic E-state index is 0.135. The number of thiophene rings is 1. The third-order valence-corrected chi connectivity index (χ3v) is 3.72. The van der Waals surface area contributed by atoms with Crippen LogP contribution in [0, 0.1) is 0 Å². The minimum Gasteiger partial charge on any atom is -0.392 e. The van der Waals surface area contributed by atoms with E-state index in [1.807, 2.05) is 0 Å². The van der Waals surface area contributed by atoms with Gasteiger partial charge in [0.1, 0.15) is 0 Å². The smallest absolute Gasteiger partial charge is 0.0693 e. The molecule has 0 bridgehead atoms. The Bertz CT molecular complexity index is 260. The lowest BCUT2D eigenvalue weighted by atomic mass is 9.92. The van der Waals surface area contributed by atoms with Crippen molar-refractivity contribution >= 4 is 11.3 Å². The van der Waals surface area contributed by atoms with Crippen LogP contribution in [-0.4, -0.2) is 17.3 Å². The lowest BCUT2D eigenvalue weighted by Crippen LogP contribution is -2.41. The molecule has 2 atom stereocenters. The molecule has 0 aliphatic heterocycles. The molecule has 1 fully saturated rings. The van der Waals surface area contributed by atoms with Gasteiger partial charge in [-0.05, 0) is 24.3 Å². The van der Waals surface area contributed by atoms with Gasteiger partial charge < -0.3 is 10.4 Å². The predicted molar refractivity (Wildman–Crippen MR) is 59.4 cm³/mol. The van der Waals surface area contributed by atoms with Gasteiger partial charge in [0, 0.05) is 17.5 Å². The second-order valence-corrected chi connectivity index (χ2v) is 4.95. The van der Waals surface area contributed by atoms with E-state index in [2.05, 4.69) is 22.8 Å². The largest absolute Gasteiger partial charge is 0.392 e. The van der Waals surface area contributed by atoms with Crippen molar-refractivity contribution in [2.45, 2.75) is 44.4 Å². The fraction of sp³-hybridized carbons (Fsp3) is 0.636. The predicted octanol–water partition coefficient (Wildman–Crippen LogP) is 2.14. The summed E-state index contributed by atoms with van der Waals surface area (Å²) in [5.41, 5.74) is 0. The van der Waals surface area contributed by atoms with Crippen molar-refractivity contribution in [1.82, 2.24) is 5.32 Å². The van der Waals surface area contributed by atoms with Gasteiger partial charge in [-0.1, -0.05) is 18.9 Å². The van der Waals surface area contributed by atoms with Gasteiger partial charge in [-0.2, -0.15) is 0 Å². The normalized spacial score (nSPS) is 27.8. The summed E-state index contributed by atoms with van der Waals surface area (Å²) >= 11 is 1.77. The number of rotatable bonds is 3.